The third-order valence-electron chi connectivity index (χ3n) is 6.40. The molecule has 0 radical (unpaired) electrons. The van der Waals surface area contributed by atoms with E-state index in [9.17, 15) is 0 Å². The van der Waals surface area contributed by atoms with Crippen LogP contribution in [0.2, 0.25) is 0 Å². The number of hydrogen-bond acceptors (Lipinski definition) is 3. The summed E-state index contributed by atoms with van der Waals surface area (Å²) >= 11 is 0. The van der Waals surface area contributed by atoms with Crippen LogP contribution in [-0.2, 0) is 9.31 Å². The molecule has 18 heavy (non-hydrogen) atoms. The average Bonchev–Trinajstić information content (AvgIpc) is 2.92. The Morgan fingerprint density at radius 1 is 1.22 bits per heavy atom. The van der Waals surface area contributed by atoms with Gasteiger partial charge in [0.05, 0.1) is 11.7 Å². The molecule has 1 N–H and O–H groups in total. The fourth-order valence-corrected chi connectivity index (χ4v) is 5.01. The molecule has 4 heteroatoms. The quantitative estimate of drug-likeness (QED) is 0.721. The lowest BCUT2D eigenvalue weighted by Gasteiger charge is -2.64. The largest absolute Gasteiger partial charge is 0.475 e. The fourth-order valence-electron chi connectivity index (χ4n) is 5.01. The van der Waals surface area contributed by atoms with Gasteiger partial charge in [-0.2, -0.15) is 0 Å². The zero-order valence-corrected chi connectivity index (χ0v) is 11.7. The van der Waals surface area contributed by atoms with Gasteiger partial charge in [0.2, 0.25) is 0 Å². The Bertz CT molecular complexity index is 369. The molecule has 5 aliphatic rings. The summed E-state index contributed by atoms with van der Waals surface area (Å²) < 4.78 is 12.7. The van der Waals surface area contributed by atoms with Gasteiger partial charge >= 0.3 is 7.12 Å². The molecule has 0 aromatic carbocycles. The molecule has 100 valence electrons. The summed E-state index contributed by atoms with van der Waals surface area (Å²) in [5, 5.41) is 3.52. The smallest absolute Gasteiger partial charge is 0.404 e. The Balaban J connectivity index is 1.57. The van der Waals surface area contributed by atoms with Crippen molar-refractivity contribution < 1.29 is 9.31 Å². The Kier molecular flexibility index (Phi) is 2.30. The lowest BCUT2D eigenvalue weighted by Crippen LogP contribution is -2.65. The molecule has 0 amide bonds. The van der Waals surface area contributed by atoms with Crippen molar-refractivity contribution in [1.29, 1.82) is 0 Å². The highest BCUT2D eigenvalue weighted by Crippen LogP contribution is 2.65. The summed E-state index contributed by atoms with van der Waals surface area (Å²) in [6.45, 7) is 8.25. The van der Waals surface area contributed by atoms with Crippen LogP contribution in [0.25, 0.3) is 0 Å². The molecule has 2 aliphatic heterocycles. The van der Waals surface area contributed by atoms with Crippen LogP contribution >= 0.6 is 0 Å². The van der Waals surface area contributed by atoms with Gasteiger partial charge in [0.1, 0.15) is 0 Å². The topological polar surface area (TPSA) is 30.5 Å². The molecule has 5 rings (SSSR count). The molecular weight excluding hydrogens is 225 g/mol. The van der Waals surface area contributed by atoms with E-state index in [0.717, 1.165) is 12.5 Å². The minimum atomic E-state index is -0.0345. The maximum atomic E-state index is 6.44. The first-order chi connectivity index (χ1) is 8.52. The molecule has 2 saturated heterocycles. The van der Waals surface area contributed by atoms with Crippen molar-refractivity contribution in [1.82, 2.24) is 5.32 Å². The van der Waals surface area contributed by atoms with E-state index in [1.54, 1.807) is 0 Å². The summed E-state index contributed by atoms with van der Waals surface area (Å²) in [6, 6.07) is 0. The molecule has 3 aliphatic carbocycles. The highest BCUT2D eigenvalue weighted by atomic mass is 16.7. The van der Waals surface area contributed by atoms with Gasteiger partial charge in [0.25, 0.3) is 0 Å². The Labute approximate surface area is 110 Å². The molecule has 0 aromatic rings. The normalized spacial score (nSPS) is 53.2. The van der Waals surface area contributed by atoms with Gasteiger partial charge in [0, 0.05) is 5.94 Å². The van der Waals surface area contributed by atoms with Crippen molar-refractivity contribution in [3.05, 3.63) is 0 Å². The van der Waals surface area contributed by atoms with Crippen LogP contribution in [0.1, 0.15) is 46.5 Å². The van der Waals surface area contributed by atoms with Crippen LogP contribution in [0.15, 0.2) is 0 Å². The van der Waals surface area contributed by atoms with E-state index in [-0.39, 0.29) is 12.7 Å². The summed E-state index contributed by atoms with van der Waals surface area (Å²) in [4.78, 5) is 0. The molecule has 3 saturated carbocycles. The van der Waals surface area contributed by atoms with Crippen LogP contribution in [-0.4, -0.2) is 31.3 Å². The first kappa shape index (κ1) is 11.7. The number of rotatable bonds is 1. The van der Waals surface area contributed by atoms with Gasteiger partial charge in [-0.15, -0.1) is 0 Å². The van der Waals surface area contributed by atoms with E-state index in [1.807, 2.05) is 0 Å². The van der Waals surface area contributed by atoms with E-state index in [2.05, 4.69) is 26.1 Å². The molecule has 3 nitrogen and oxygen atoms in total. The summed E-state index contributed by atoms with van der Waals surface area (Å²) in [7, 11) is -0.00218. The Morgan fingerprint density at radius 2 is 2.06 bits per heavy atom. The minimum absolute atomic E-state index is 0.00218. The second-order valence-electron chi connectivity index (χ2n) is 7.54. The van der Waals surface area contributed by atoms with Crippen molar-refractivity contribution in [2.75, 3.05) is 6.54 Å². The number of hydrogen-bond donors (Lipinski definition) is 1. The first-order valence-corrected chi connectivity index (χ1v) is 7.58. The standard InChI is InChI=1S/C14H24BNO2/c1-13(2)9-7-10(13)14(3)11(8-9)17-15(18-14)12-5-4-6-16-12/h9-12,16H,4-8H2,1-3H3/t9-,10-,11+,12-,14+/m0/s1. The lowest BCUT2D eigenvalue weighted by molar-refractivity contribution is -0.199. The van der Waals surface area contributed by atoms with Crippen molar-refractivity contribution in [3.63, 3.8) is 0 Å². The molecule has 0 aromatic heterocycles. The summed E-state index contributed by atoms with van der Waals surface area (Å²) in [5.41, 5.74) is 0.416. The Morgan fingerprint density at radius 3 is 2.72 bits per heavy atom. The average molecular weight is 249 g/mol. The molecule has 2 heterocycles. The van der Waals surface area contributed by atoms with Crippen LogP contribution in [0.5, 0.6) is 0 Å². The molecular formula is C14H24BNO2. The predicted molar refractivity (Wildman–Crippen MR) is 71.1 cm³/mol. The third-order valence-corrected chi connectivity index (χ3v) is 6.40. The molecule has 2 bridgehead atoms. The van der Waals surface area contributed by atoms with Crippen LogP contribution in [0, 0.1) is 17.3 Å². The number of nitrogens with one attached hydrogen (secondary N) is 1. The SMILES string of the molecule is CC1(C)[C@@H]2C[C@H]3OB([C@@H]4CCCN4)O[C@]3(C)[C@H]1C2. The molecule has 5 atom stereocenters. The van der Waals surface area contributed by atoms with Crippen molar-refractivity contribution in [3.8, 4) is 0 Å². The summed E-state index contributed by atoms with van der Waals surface area (Å²) in [6.07, 6.45) is 5.33. The van der Waals surface area contributed by atoms with Gasteiger partial charge in [-0.25, -0.2) is 0 Å². The van der Waals surface area contributed by atoms with Gasteiger partial charge in [0.15, 0.2) is 0 Å². The van der Waals surface area contributed by atoms with E-state index in [0.29, 0.717) is 23.4 Å². The van der Waals surface area contributed by atoms with Crippen LogP contribution < -0.4 is 5.32 Å². The Hall–Kier alpha value is -0.0551. The van der Waals surface area contributed by atoms with E-state index < -0.39 is 0 Å². The van der Waals surface area contributed by atoms with Gasteiger partial charge in [-0.3, -0.25) is 0 Å². The fraction of sp³-hybridized carbons (Fsp3) is 1.00. The third kappa shape index (κ3) is 1.32. The maximum absolute atomic E-state index is 6.44. The minimum Gasteiger partial charge on any atom is -0.404 e. The van der Waals surface area contributed by atoms with E-state index in [4.69, 9.17) is 9.31 Å². The van der Waals surface area contributed by atoms with E-state index >= 15 is 0 Å². The highest BCUT2D eigenvalue weighted by molar-refractivity contribution is 6.47. The first-order valence-electron chi connectivity index (χ1n) is 7.58. The second-order valence-corrected chi connectivity index (χ2v) is 7.54. The van der Waals surface area contributed by atoms with Gasteiger partial charge < -0.3 is 14.6 Å². The molecule has 5 fully saturated rings. The van der Waals surface area contributed by atoms with Gasteiger partial charge in [-0.05, 0) is 56.4 Å². The van der Waals surface area contributed by atoms with Crippen LogP contribution in [0.4, 0.5) is 0 Å². The summed E-state index contributed by atoms with van der Waals surface area (Å²) in [5.74, 6) is 1.95. The van der Waals surface area contributed by atoms with Crippen molar-refractivity contribution in [2.45, 2.75) is 64.1 Å². The highest BCUT2D eigenvalue weighted by Gasteiger charge is 2.68. The predicted octanol–water partition coefficient (Wildman–Crippen LogP) is 2.01. The zero-order chi connectivity index (χ0) is 12.5. The van der Waals surface area contributed by atoms with Crippen LogP contribution in [0.3, 0.4) is 0 Å². The monoisotopic (exact) mass is 249 g/mol. The zero-order valence-electron chi connectivity index (χ0n) is 11.7. The maximum Gasteiger partial charge on any atom is 0.475 e. The van der Waals surface area contributed by atoms with Gasteiger partial charge in [-0.1, -0.05) is 13.8 Å². The second kappa shape index (κ2) is 3.53. The van der Waals surface area contributed by atoms with Crippen molar-refractivity contribution >= 4 is 7.12 Å². The molecule has 0 unspecified atom stereocenters. The lowest BCUT2D eigenvalue weighted by atomic mass is 9.43. The van der Waals surface area contributed by atoms with E-state index in [1.165, 1.54) is 25.7 Å². The van der Waals surface area contributed by atoms with Crippen molar-refractivity contribution in [2.24, 2.45) is 17.3 Å². The molecule has 0 spiro atoms.